The Morgan fingerprint density at radius 2 is 2.00 bits per heavy atom. The molecule has 1 unspecified atom stereocenters. The van der Waals surface area contributed by atoms with Gasteiger partial charge in [0, 0.05) is 0 Å². The van der Waals surface area contributed by atoms with Crippen LogP contribution in [0.25, 0.3) is 0 Å². The molecule has 0 N–H and O–H groups in total. The largest absolute Gasteiger partial charge is 0.461 e. The van der Waals surface area contributed by atoms with Gasteiger partial charge in [0.1, 0.15) is 12.3 Å². The van der Waals surface area contributed by atoms with Crippen LogP contribution >= 0.6 is 0 Å². The third-order valence-electron chi connectivity index (χ3n) is 3.19. The first-order valence-electron chi connectivity index (χ1n) is 6.69. The van der Waals surface area contributed by atoms with Crippen LogP contribution in [0.1, 0.15) is 35.4 Å². The Morgan fingerprint density at radius 1 is 1.32 bits per heavy atom. The van der Waals surface area contributed by atoms with Crippen molar-refractivity contribution in [1.82, 2.24) is 9.55 Å². The number of alkyl halides is 3. The number of carbonyl (C=O) groups is 1. The fraction of sp³-hybridized carbons (Fsp3) is 0.333. The van der Waals surface area contributed by atoms with Gasteiger partial charge in [-0.25, -0.2) is 9.78 Å². The molecule has 1 atom stereocenters. The number of ether oxygens (including phenoxy) is 1. The van der Waals surface area contributed by atoms with E-state index in [2.05, 4.69) is 9.72 Å². The van der Waals surface area contributed by atoms with Gasteiger partial charge in [-0.1, -0.05) is 30.3 Å². The van der Waals surface area contributed by atoms with E-state index in [0.717, 1.165) is 5.56 Å². The second kappa shape index (κ2) is 6.64. The molecule has 2 rings (SSSR count). The molecule has 0 radical (unpaired) electrons. The quantitative estimate of drug-likeness (QED) is 0.792. The number of hydrogen-bond acceptors (Lipinski definition) is 3. The average molecular weight is 312 g/mol. The molecule has 0 saturated carbocycles. The van der Waals surface area contributed by atoms with E-state index in [0.29, 0.717) is 0 Å². The van der Waals surface area contributed by atoms with Crippen molar-refractivity contribution in [2.75, 3.05) is 6.61 Å². The smallest absolute Gasteiger partial charge is 0.392 e. The van der Waals surface area contributed by atoms with Crippen molar-refractivity contribution >= 4 is 5.97 Å². The van der Waals surface area contributed by atoms with E-state index in [4.69, 9.17) is 0 Å². The molecule has 0 aliphatic carbocycles. The first kappa shape index (κ1) is 16.1. The van der Waals surface area contributed by atoms with Crippen LogP contribution < -0.4 is 0 Å². The van der Waals surface area contributed by atoms with Crippen LogP contribution in [-0.4, -0.2) is 28.3 Å². The summed E-state index contributed by atoms with van der Waals surface area (Å²) in [4.78, 5) is 15.8. The van der Waals surface area contributed by atoms with E-state index in [1.165, 1.54) is 12.5 Å². The Labute approximate surface area is 125 Å². The van der Waals surface area contributed by atoms with Crippen LogP contribution in [0.5, 0.6) is 0 Å². The van der Waals surface area contributed by atoms with E-state index in [9.17, 15) is 18.0 Å². The summed E-state index contributed by atoms with van der Waals surface area (Å²) in [7, 11) is 0. The van der Waals surface area contributed by atoms with Crippen LogP contribution in [0.2, 0.25) is 0 Å². The molecule has 1 aromatic carbocycles. The molecule has 22 heavy (non-hydrogen) atoms. The van der Waals surface area contributed by atoms with Gasteiger partial charge in [0.05, 0.1) is 25.0 Å². The molecular weight excluding hydrogens is 297 g/mol. The standard InChI is InChI=1S/C15H15F3N2O2/c1-11(12-5-3-2-4-6-12)20-10-19-9-13(20)14(21)22-8-7-15(16,17)18/h2-6,9-11H,7-8H2,1H3. The number of rotatable bonds is 5. The second-order valence-corrected chi connectivity index (χ2v) is 4.77. The van der Waals surface area contributed by atoms with Crippen LogP contribution in [0, 0.1) is 0 Å². The predicted octanol–water partition coefficient (Wildman–Crippen LogP) is 3.60. The zero-order valence-electron chi connectivity index (χ0n) is 11.9. The lowest BCUT2D eigenvalue weighted by Gasteiger charge is -2.16. The molecule has 0 amide bonds. The minimum absolute atomic E-state index is 0.124. The number of nitrogens with zero attached hydrogens (tertiary/aromatic N) is 2. The van der Waals surface area contributed by atoms with Crippen molar-refractivity contribution in [3.05, 3.63) is 54.1 Å². The van der Waals surface area contributed by atoms with Gasteiger partial charge in [-0.15, -0.1) is 0 Å². The highest BCUT2D eigenvalue weighted by atomic mass is 19.4. The highest BCUT2D eigenvalue weighted by Gasteiger charge is 2.28. The number of halogens is 3. The Kier molecular flexibility index (Phi) is 4.85. The Bertz CT molecular complexity index is 623. The van der Waals surface area contributed by atoms with Gasteiger partial charge in [0.25, 0.3) is 0 Å². The maximum Gasteiger partial charge on any atom is 0.392 e. The monoisotopic (exact) mass is 312 g/mol. The summed E-state index contributed by atoms with van der Waals surface area (Å²) in [5.74, 6) is -0.815. The topological polar surface area (TPSA) is 44.1 Å². The number of benzene rings is 1. The van der Waals surface area contributed by atoms with E-state index in [1.54, 1.807) is 4.57 Å². The number of esters is 1. The van der Waals surface area contributed by atoms with Gasteiger partial charge in [-0.3, -0.25) is 0 Å². The number of aromatic nitrogens is 2. The van der Waals surface area contributed by atoms with Crippen molar-refractivity contribution in [3.63, 3.8) is 0 Å². The lowest BCUT2D eigenvalue weighted by Crippen LogP contribution is -2.18. The van der Waals surface area contributed by atoms with Crippen LogP contribution in [0.3, 0.4) is 0 Å². The van der Waals surface area contributed by atoms with Gasteiger partial charge in [-0.05, 0) is 12.5 Å². The molecule has 0 spiro atoms. The first-order valence-corrected chi connectivity index (χ1v) is 6.69. The van der Waals surface area contributed by atoms with E-state index in [-0.39, 0.29) is 11.7 Å². The SMILES string of the molecule is CC(c1ccccc1)n1cncc1C(=O)OCCC(F)(F)F. The zero-order chi connectivity index (χ0) is 16.2. The van der Waals surface area contributed by atoms with Crippen molar-refractivity contribution in [3.8, 4) is 0 Å². The molecular formula is C15H15F3N2O2. The Balaban J connectivity index is 2.07. The van der Waals surface area contributed by atoms with Crippen molar-refractivity contribution in [2.45, 2.75) is 25.6 Å². The number of hydrogen-bond donors (Lipinski definition) is 0. The fourth-order valence-corrected chi connectivity index (χ4v) is 2.00. The second-order valence-electron chi connectivity index (χ2n) is 4.77. The average Bonchev–Trinajstić information content (AvgIpc) is 2.95. The van der Waals surface area contributed by atoms with Crippen LogP contribution in [0.15, 0.2) is 42.9 Å². The summed E-state index contributed by atoms with van der Waals surface area (Å²) in [5.41, 5.74) is 1.07. The Hall–Kier alpha value is -2.31. The van der Waals surface area contributed by atoms with Gasteiger partial charge < -0.3 is 9.30 Å². The summed E-state index contributed by atoms with van der Waals surface area (Å²) in [5, 5.41) is 0. The fourth-order valence-electron chi connectivity index (χ4n) is 2.00. The minimum Gasteiger partial charge on any atom is -0.461 e. The summed E-state index contributed by atoms with van der Waals surface area (Å²) >= 11 is 0. The van der Waals surface area contributed by atoms with E-state index < -0.39 is 25.2 Å². The van der Waals surface area contributed by atoms with Crippen LogP contribution in [0.4, 0.5) is 13.2 Å². The highest BCUT2D eigenvalue weighted by molar-refractivity contribution is 5.87. The summed E-state index contributed by atoms with van der Waals surface area (Å²) in [6, 6.07) is 9.20. The maximum atomic E-state index is 12.1. The summed E-state index contributed by atoms with van der Waals surface area (Å²) in [6.45, 7) is 1.16. The number of carbonyl (C=O) groups excluding carboxylic acids is 1. The van der Waals surface area contributed by atoms with E-state index >= 15 is 0 Å². The molecule has 118 valence electrons. The van der Waals surface area contributed by atoms with Gasteiger partial charge in [0.15, 0.2) is 0 Å². The van der Waals surface area contributed by atoms with Crippen molar-refractivity contribution in [1.29, 1.82) is 0 Å². The van der Waals surface area contributed by atoms with Gasteiger partial charge in [0.2, 0.25) is 0 Å². The third kappa shape index (κ3) is 4.09. The van der Waals surface area contributed by atoms with Gasteiger partial charge >= 0.3 is 12.1 Å². The summed E-state index contributed by atoms with van der Waals surface area (Å²) in [6.07, 6.45) is -2.77. The minimum atomic E-state index is -4.35. The molecule has 0 aliphatic heterocycles. The lowest BCUT2D eigenvalue weighted by molar-refractivity contribution is -0.141. The molecule has 4 nitrogen and oxygen atoms in total. The molecule has 1 aromatic heterocycles. The van der Waals surface area contributed by atoms with E-state index in [1.807, 2.05) is 37.3 Å². The van der Waals surface area contributed by atoms with Crippen LogP contribution in [-0.2, 0) is 4.74 Å². The molecule has 7 heteroatoms. The molecule has 1 heterocycles. The van der Waals surface area contributed by atoms with Gasteiger partial charge in [-0.2, -0.15) is 13.2 Å². The van der Waals surface area contributed by atoms with Crippen molar-refractivity contribution < 1.29 is 22.7 Å². The maximum absolute atomic E-state index is 12.1. The third-order valence-corrected chi connectivity index (χ3v) is 3.19. The molecule has 2 aromatic rings. The normalized spacial score (nSPS) is 12.9. The Morgan fingerprint density at radius 3 is 2.64 bits per heavy atom. The molecule has 0 saturated heterocycles. The number of imidazole rings is 1. The predicted molar refractivity (Wildman–Crippen MR) is 73.4 cm³/mol. The molecule has 0 bridgehead atoms. The lowest BCUT2D eigenvalue weighted by atomic mass is 10.1. The molecule has 0 aliphatic rings. The first-order chi connectivity index (χ1) is 10.4. The zero-order valence-corrected chi connectivity index (χ0v) is 11.9. The summed E-state index contributed by atoms with van der Waals surface area (Å²) < 4.78 is 42.4. The van der Waals surface area contributed by atoms with Crippen molar-refractivity contribution in [2.24, 2.45) is 0 Å². The molecule has 0 fully saturated rings. The highest BCUT2D eigenvalue weighted by Crippen LogP contribution is 2.21.